The molecule has 1 saturated heterocycles. The van der Waals surface area contributed by atoms with Gasteiger partial charge in [-0.25, -0.2) is 4.79 Å². The number of carboxylic acid groups (broad SMARTS) is 1. The van der Waals surface area contributed by atoms with Crippen LogP contribution in [-0.2, 0) is 10.5 Å². The second kappa shape index (κ2) is 5.90. The van der Waals surface area contributed by atoms with Gasteiger partial charge in [0.25, 0.3) is 0 Å². The number of hydrogen-bond donors (Lipinski definition) is 11. The molecule has 0 saturated carbocycles. The number of carbonyl (C=O) groups is 1. The van der Waals surface area contributed by atoms with Crippen LogP contribution in [0.15, 0.2) is 6.07 Å². The third-order valence-corrected chi connectivity index (χ3v) is 4.22. The molecule has 26 heavy (non-hydrogen) atoms. The molecule has 0 spiro atoms. The van der Waals surface area contributed by atoms with E-state index in [1.807, 2.05) is 0 Å². The Balaban J connectivity index is 2.85. The van der Waals surface area contributed by atoms with E-state index in [1.54, 1.807) is 0 Å². The summed E-state index contributed by atoms with van der Waals surface area (Å²) in [5.74, 6) is -9.24. The highest BCUT2D eigenvalue weighted by molar-refractivity contribution is 5.92. The number of aromatic carboxylic acids is 1. The van der Waals surface area contributed by atoms with E-state index in [-0.39, 0.29) is 0 Å². The average molecular weight is 378 g/mol. The number of rotatable bonds is 3. The van der Waals surface area contributed by atoms with E-state index in [9.17, 15) is 50.8 Å². The van der Waals surface area contributed by atoms with Crippen LogP contribution in [0.3, 0.4) is 0 Å². The first kappa shape index (κ1) is 20.1. The van der Waals surface area contributed by atoms with Crippen molar-refractivity contribution in [2.45, 2.75) is 29.4 Å². The molecule has 13 N–H and O–H groups in total. The van der Waals surface area contributed by atoms with E-state index in [4.69, 9.17) is 16.2 Å². The van der Waals surface area contributed by atoms with Crippen molar-refractivity contribution in [3.05, 3.63) is 17.2 Å². The molecular weight excluding hydrogens is 360 g/mol. The first-order valence-electron chi connectivity index (χ1n) is 6.96. The summed E-state index contributed by atoms with van der Waals surface area (Å²) in [7, 11) is 0. The Morgan fingerprint density at radius 2 is 1.69 bits per heavy atom. The summed E-state index contributed by atoms with van der Waals surface area (Å²) in [5.41, 5.74) is 2.05. The lowest BCUT2D eigenvalue weighted by Crippen LogP contribution is -2.82. The molecule has 0 aliphatic carbocycles. The van der Waals surface area contributed by atoms with E-state index in [0.29, 0.717) is 6.07 Å². The molecule has 1 heterocycles. The number of phenols is 3. The van der Waals surface area contributed by atoms with Gasteiger partial charge in [-0.05, 0) is 6.07 Å². The highest BCUT2D eigenvalue weighted by Gasteiger charge is 2.68. The molecule has 13 heteroatoms. The fraction of sp³-hybridized carbons (Fsp3) is 0.462. The first-order chi connectivity index (χ1) is 11.7. The third kappa shape index (κ3) is 2.46. The lowest BCUT2D eigenvalue weighted by atomic mass is 9.78. The van der Waals surface area contributed by atoms with Crippen molar-refractivity contribution in [1.82, 2.24) is 0 Å². The molecule has 1 aliphatic rings. The lowest BCUT2D eigenvalue weighted by molar-refractivity contribution is -0.417. The zero-order valence-corrected chi connectivity index (χ0v) is 12.9. The van der Waals surface area contributed by atoms with E-state index in [1.165, 1.54) is 0 Å². The minimum absolute atomic E-state index is 0.397. The van der Waals surface area contributed by atoms with Crippen molar-refractivity contribution < 1.29 is 55.5 Å². The van der Waals surface area contributed by atoms with Gasteiger partial charge in [-0.15, -0.1) is 0 Å². The molecule has 5 atom stereocenters. The quantitative estimate of drug-likeness (QED) is 0.176. The number of phenolic OH excluding ortho intramolecular Hbond substituents is 3. The fourth-order valence-electron chi connectivity index (χ4n) is 2.71. The maximum Gasteiger partial charge on any atom is 0.336 e. The highest BCUT2D eigenvalue weighted by atomic mass is 16.7. The second-order valence-electron chi connectivity index (χ2n) is 5.87. The highest BCUT2D eigenvalue weighted by Crippen LogP contribution is 2.51. The Morgan fingerprint density at radius 3 is 2.15 bits per heavy atom. The summed E-state index contributed by atoms with van der Waals surface area (Å²) in [6.07, 6.45) is -4.66. The van der Waals surface area contributed by atoms with Gasteiger partial charge in [-0.2, -0.15) is 0 Å². The van der Waals surface area contributed by atoms with Gasteiger partial charge in [0, 0.05) is 0 Å². The SMILES string of the molecule is N[C@@]1(O)[C@@H](CO)OC(O)(c2c(C(=O)O)cc(O)c(O)c2O)[C@](N)(O)[C@H]1O. The zero-order valence-electron chi connectivity index (χ0n) is 12.9. The Hall–Kier alpha value is -2.23. The van der Waals surface area contributed by atoms with E-state index >= 15 is 0 Å². The van der Waals surface area contributed by atoms with Gasteiger partial charge in [0.15, 0.2) is 17.2 Å². The molecule has 2 rings (SSSR count). The Kier molecular flexibility index (Phi) is 4.56. The largest absolute Gasteiger partial charge is 0.504 e. The van der Waals surface area contributed by atoms with Crippen molar-refractivity contribution in [1.29, 1.82) is 0 Å². The third-order valence-electron chi connectivity index (χ3n) is 4.22. The van der Waals surface area contributed by atoms with Crippen LogP contribution in [-0.4, -0.2) is 82.2 Å². The zero-order chi connectivity index (χ0) is 20.2. The standard InChI is InChI=1S/C13H18N2O11/c14-11(23)5(2-16)26-13(25,12(15,24)10(11)22)6-3(9(20)21)1-4(17)7(18)8(6)19/h1,5,10,16-19,22-25H,2,14-15H2,(H,20,21)/t5-,10+,11-,12-,13?/m1/s1. The van der Waals surface area contributed by atoms with Gasteiger partial charge in [0.2, 0.25) is 17.3 Å². The van der Waals surface area contributed by atoms with E-state index in [2.05, 4.69) is 0 Å². The van der Waals surface area contributed by atoms with Crippen LogP contribution in [0.2, 0.25) is 0 Å². The van der Waals surface area contributed by atoms with E-state index < -0.39 is 70.4 Å². The summed E-state index contributed by atoms with van der Waals surface area (Å²) < 4.78 is 4.86. The maximum atomic E-state index is 11.4. The van der Waals surface area contributed by atoms with Crippen molar-refractivity contribution in [2.24, 2.45) is 11.5 Å². The molecule has 0 amide bonds. The van der Waals surface area contributed by atoms with Gasteiger partial charge in [0.1, 0.15) is 12.2 Å². The van der Waals surface area contributed by atoms with Crippen molar-refractivity contribution >= 4 is 5.97 Å². The van der Waals surface area contributed by atoms with Gasteiger partial charge in [-0.3, -0.25) is 11.5 Å². The van der Waals surface area contributed by atoms with Crippen molar-refractivity contribution in [3.8, 4) is 17.2 Å². The average Bonchev–Trinajstić information content (AvgIpc) is 2.54. The van der Waals surface area contributed by atoms with Gasteiger partial charge >= 0.3 is 5.97 Å². The maximum absolute atomic E-state index is 11.4. The molecule has 0 radical (unpaired) electrons. The van der Waals surface area contributed by atoms with Crippen LogP contribution < -0.4 is 11.5 Å². The summed E-state index contributed by atoms with van der Waals surface area (Å²) in [6, 6.07) is 0.397. The molecular formula is C13H18N2O11. The minimum atomic E-state index is -3.51. The molecule has 0 aromatic heterocycles. The van der Waals surface area contributed by atoms with Crippen LogP contribution in [0.5, 0.6) is 17.2 Å². The number of hydrogen-bond acceptors (Lipinski definition) is 12. The van der Waals surface area contributed by atoms with Crippen LogP contribution in [0, 0.1) is 0 Å². The fourth-order valence-corrected chi connectivity index (χ4v) is 2.71. The van der Waals surface area contributed by atoms with Gasteiger partial charge in [0.05, 0.1) is 17.7 Å². The number of ether oxygens (including phenoxy) is 1. The van der Waals surface area contributed by atoms with E-state index in [0.717, 1.165) is 0 Å². The molecule has 1 aromatic carbocycles. The Morgan fingerprint density at radius 1 is 1.15 bits per heavy atom. The summed E-state index contributed by atoms with van der Waals surface area (Å²) in [6.45, 7) is -1.14. The van der Waals surface area contributed by atoms with Crippen molar-refractivity contribution in [3.63, 3.8) is 0 Å². The topological polar surface area (TPSA) is 260 Å². The number of aliphatic hydroxyl groups is 5. The predicted molar refractivity (Wildman–Crippen MR) is 78.5 cm³/mol. The van der Waals surface area contributed by atoms with Gasteiger partial charge < -0.3 is 50.7 Å². The summed E-state index contributed by atoms with van der Waals surface area (Å²) in [5, 5.41) is 88.7. The molecule has 13 nitrogen and oxygen atoms in total. The minimum Gasteiger partial charge on any atom is -0.504 e. The molecule has 1 aromatic rings. The molecule has 1 fully saturated rings. The van der Waals surface area contributed by atoms with Crippen LogP contribution in [0.25, 0.3) is 0 Å². The van der Waals surface area contributed by atoms with Crippen LogP contribution in [0.4, 0.5) is 0 Å². The Labute approximate surface area is 144 Å². The van der Waals surface area contributed by atoms with Gasteiger partial charge in [-0.1, -0.05) is 0 Å². The number of aliphatic hydroxyl groups excluding tert-OH is 2. The molecule has 1 unspecified atom stereocenters. The first-order valence-corrected chi connectivity index (χ1v) is 6.96. The van der Waals surface area contributed by atoms with Crippen LogP contribution in [0.1, 0.15) is 15.9 Å². The van der Waals surface area contributed by atoms with Crippen molar-refractivity contribution in [2.75, 3.05) is 6.61 Å². The summed E-state index contributed by atoms with van der Waals surface area (Å²) in [4.78, 5) is 11.4. The number of aromatic hydroxyl groups is 3. The number of benzene rings is 1. The Bertz CT molecular complexity index is 750. The molecule has 0 bridgehead atoms. The number of carboxylic acids is 1. The van der Waals surface area contributed by atoms with Crippen LogP contribution >= 0.6 is 0 Å². The number of nitrogens with two attached hydrogens (primary N) is 2. The predicted octanol–water partition coefficient (Wildman–Crippen LogP) is -4.31. The second-order valence-corrected chi connectivity index (χ2v) is 5.87. The smallest absolute Gasteiger partial charge is 0.336 e. The summed E-state index contributed by atoms with van der Waals surface area (Å²) >= 11 is 0. The molecule has 146 valence electrons. The lowest BCUT2D eigenvalue weighted by Gasteiger charge is -2.54. The molecule has 1 aliphatic heterocycles. The normalized spacial score (nSPS) is 37.5. The monoisotopic (exact) mass is 378 g/mol.